The highest BCUT2D eigenvalue weighted by atomic mass is 79.9. The molecule has 0 saturated carbocycles. The van der Waals surface area contributed by atoms with E-state index in [2.05, 4.69) is 61.9 Å². The summed E-state index contributed by atoms with van der Waals surface area (Å²) in [6.45, 7) is 11.8. The second-order valence-electron chi connectivity index (χ2n) is 7.26. The Morgan fingerprint density at radius 2 is 1.61 bits per heavy atom. The van der Waals surface area contributed by atoms with E-state index >= 15 is 0 Å². The number of halogens is 1. The molecule has 0 atom stereocenters. The SMILES string of the molecule is CC(C)(C)[Si](C)(C)Oc1cccc(COc2cccc(Br)c2)c1. The summed E-state index contributed by atoms with van der Waals surface area (Å²) in [6.07, 6.45) is 0. The molecule has 0 bridgehead atoms. The van der Waals surface area contributed by atoms with Crippen molar-refractivity contribution in [2.75, 3.05) is 0 Å². The minimum atomic E-state index is -1.81. The fraction of sp³-hybridized carbons (Fsp3) is 0.368. The van der Waals surface area contributed by atoms with Gasteiger partial charge in [-0.3, -0.25) is 0 Å². The van der Waals surface area contributed by atoms with E-state index in [9.17, 15) is 0 Å². The van der Waals surface area contributed by atoms with Crippen molar-refractivity contribution in [2.45, 2.75) is 45.5 Å². The zero-order valence-corrected chi connectivity index (χ0v) is 17.1. The van der Waals surface area contributed by atoms with Crippen molar-refractivity contribution in [3.05, 3.63) is 58.6 Å². The van der Waals surface area contributed by atoms with E-state index in [4.69, 9.17) is 9.16 Å². The molecule has 0 fully saturated rings. The lowest BCUT2D eigenvalue weighted by molar-refractivity contribution is 0.305. The first-order valence-corrected chi connectivity index (χ1v) is 11.5. The fourth-order valence-corrected chi connectivity index (χ4v) is 3.27. The topological polar surface area (TPSA) is 18.5 Å². The molecule has 0 amide bonds. The molecule has 4 heteroatoms. The van der Waals surface area contributed by atoms with Crippen molar-refractivity contribution in [3.8, 4) is 11.5 Å². The smallest absolute Gasteiger partial charge is 0.250 e. The summed E-state index contributed by atoms with van der Waals surface area (Å²) in [5.74, 6) is 1.79. The van der Waals surface area contributed by atoms with Gasteiger partial charge >= 0.3 is 0 Å². The molecule has 23 heavy (non-hydrogen) atoms. The van der Waals surface area contributed by atoms with Gasteiger partial charge in [-0.15, -0.1) is 0 Å². The summed E-state index contributed by atoms with van der Waals surface area (Å²) in [7, 11) is -1.81. The van der Waals surface area contributed by atoms with Gasteiger partial charge in [0.05, 0.1) is 0 Å². The molecule has 0 aromatic heterocycles. The minimum absolute atomic E-state index is 0.190. The highest BCUT2D eigenvalue weighted by Crippen LogP contribution is 2.37. The quantitative estimate of drug-likeness (QED) is 0.546. The minimum Gasteiger partial charge on any atom is -0.543 e. The molecule has 2 aromatic carbocycles. The Morgan fingerprint density at radius 1 is 0.957 bits per heavy atom. The van der Waals surface area contributed by atoms with Gasteiger partial charge in [-0.05, 0) is 54.0 Å². The zero-order chi connectivity index (χ0) is 17.1. The van der Waals surface area contributed by atoms with Crippen LogP contribution in [0.4, 0.5) is 0 Å². The molecule has 0 aliphatic carbocycles. The van der Waals surface area contributed by atoms with Crippen LogP contribution in [0.3, 0.4) is 0 Å². The second kappa shape index (κ2) is 7.10. The van der Waals surface area contributed by atoms with E-state index in [1.807, 2.05) is 36.4 Å². The lowest BCUT2D eigenvalue weighted by Crippen LogP contribution is -2.43. The van der Waals surface area contributed by atoms with Crippen LogP contribution in [0.2, 0.25) is 18.1 Å². The van der Waals surface area contributed by atoms with Gasteiger partial charge < -0.3 is 9.16 Å². The van der Waals surface area contributed by atoms with Gasteiger partial charge in [-0.1, -0.05) is 54.9 Å². The lowest BCUT2D eigenvalue weighted by atomic mass is 10.2. The van der Waals surface area contributed by atoms with Gasteiger partial charge in [0.15, 0.2) is 0 Å². The molecule has 0 aliphatic rings. The maximum atomic E-state index is 6.35. The van der Waals surface area contributed by atoms with Crippen LogP contribution in [0.15, 0.2) is 53.0 Å². The number of benzene rings is 2. The van der Waals surface area contributed by atoms with Gasteiger partial charge in [-0.2, -0.15) is 0 Å². The number of hydrogen-bond acceptors (Lipinski definition) is 2. The first-order valence-electron chi connectivity index (χ1n) is 7.84. The molecule has 0 radical (unpaired) electrons. The molecule has 2 nitrogen and oxygen atoms in total. The van der Waals surface area contributed by atoms with E-state index in [0.29, 0.717) is 6.61 Å². The highest BCUT2D eigenvalue weighted by molar-refractivity contribution is 9.10. The summed E-state index contributed by atoms with van der Waals surface area (Å²) in [5.41, 5.74) is 1.11. The normalized spacial score (nSPS) is 12.1. The fourth-order valence-electron chi connectivity index (χ4n) is 1.87. The molecule has 0 unspecified atom stereocenters. The predicted octanol–water partition coefficient (Wildman–Crippen LogP) is 6.41. The average molecular weight is 393 g/mol. The van der Waals surface area contributed by atoms with Gasteiger partial charge in [0.2, 0.25) is 8.32 Å². The molecule has 2 rings (SSSR count). The second-order valence-corrected chi connectivity index (χ2v) is 12.9. The van der Waals surface area contributed by atoms with E-state index in [1.165, 1.54) is 0 Å². The third-order valence-corrected chi connectivity index (χ3v) is 9.13. The summed E-state index contributed by atoms with van der Waals surface area (Å²) in [4.78, 5) is 0. The van der Waals surface area contributed by atoms with E-state index in [1.54, 1.807) is 0 Å². The van der Waals surface area contributed by atoms with Crippen LogP contribution in [0, 0.1) is 0 Å². The molecule has 0 aliphatic heterocycles. The molecular weight excluding hydrogens is 368 g/mol. The van der Waals surface area contributed by atoms with Crippen molar-refractivity contribution in [1.29, 1.82) is 0 Å². The van der Waals surface area contributed by atoms with Crippen LogP contribution in [0.25, 0.3) is 0 Å². The number of ether oxygens (including phenoxy) is 1. The third-order valence-electron chi connectivity index (χ3n) is 4.28. The third kappa shape index (κ3) is 5.11. The van der Waals surface area contributed by atoms with Crippen LogP contribution in [0.5, 0.6) is 11.5 Å². The van der Waals surface area contributed by atoms with Gasteiger partial charge in [0.25, 0.3) is 0 Å². The van der Waals surface area contributed by atoms with E-state index in [0.717, 1.165) is 21.5 Å². The van der Waals surface area contributed by atoms with Crippen molar-refractivity contribution >= 4 is 24.2 Å². The van der Waals surface area contributed by atoms with E-state index in [-0.39, 0.29) is 5.04 Å². The standard InChI is InChI=1S/C19H25BrO2Si/c1-19(2,3)23(4,5)22-18-11-6-8-15(12-18)14-21-17-10-7-9-16(20)13-17/h6-13H,14H2,1-5H3. The Kier molecular flexibility index (Phi) is 5.58. The summed E-state index contributed by atoms with van der Waals surface area (Å²) in [6, 6.07) is 16.1. The summed E-state index contributed by atoms with van der Waals surface area (Å²) in [5, 5.41) is 0.190. The zero-order valence-electron chi connectivity index (χ0n) is 14.5. The number of hydrogen-bond donors (Lipinski definition) is 0. The summed E-state index contributed by atoms with van der Waals surface area (Å²) >= 11 is 3.46. The molecule has 124 valence electrons. The largest absolute Gasteiger partial charge is 0.543 e. The monoisotopic (exact) mass is 392 g/mol. The van der Waals surface area contributed by atoms with Crippen LogP contribution in [0.1, 0.15) is 26.3 Å². The first kappa shape index (κ1) is 18.1. The molecular formula is C19H25BrO2Si. The maximum absolute atomic E-state index is 6.35. The molecule has 0 saturated heterocycles. The Balaban J connectivity index is 2.05. The van der Waals surface area contributed by atoms with Crippen molar-refractivity contribution < 1.29 is 9.16 Å². The van der Waals surface area contributed by atoms with E-state index < -0.39 is 8.32 Å². The van der Waals surface area contributed by atoms with Crippen LogP contribution in [-0.2, 0) is 6.61 Å². The highest BCUT2D eigenvalue weighted by Gasteiger charge is 2.38. The van der Waals surface area contributed by atoms with Crippen LogP contribution in [-0.4, -0.2) is 8.32 Å². The lowest BCUT2D eigenvalue weighted by Gasteiger charge is -2.36. The summed E-state index contributed by atoms with van der Waals surface area (Å²) < 4.78 is 13.2. The van der Waals surface area contributed by atoms with Crippen molar-refractivity contribution in [2.24, 2.45) is 0 Å². The predicted molar refractivity (Wildman–Crippen MR) is 103 cm³/mol. The maximum Gasteiger partial charge on any atom is 0.250 e. The molecule has 0 N–H and O–H groups in total. The van der Waals surface area contributed by atoms with Gasteiger partial charge in [0, 0.05) is 4.47 Å². The van der Waals surface area contributed by atoms with Crippen molar-refractivity contribution in [1.82, 2.24) is 0 Å². The Bertz CT molecular complexity index is 662. The molecule has 2 aromatic rings. The Labute approximate surface area is 149 Å². The number of rotatable bonds is 5. The van der Waals surface area contributed by atoms with Crippen molar-refractivity contribution in [3.63, 3.8) is 0 Å². The Hall–Kier alpha value is -1.26. The molecule has 0 spiro atoms. The van der Waals surface area contributed by atoms with Gasteiger partial charge in [0.1, 0.15) is 18.1 Å². The van der Waals surface area contributed by atoms with Gasteiger partial charge in [-0.25, -0.2) is 0 Å². The average Bonchev–Trinajstić information content (AvgIpc) is 2.44. The Morgan fingerprint density at radius 3 is 2.26 bits per heavy atom. The molecule has 0 heterocycles. The first-order chi connectivity index (χ1) is 10.7. The van der Waals surface area contributed by atoms with Crippen LogP contribution >= 0.6 is 15.9 Å². The van der Waals surface area contributed by atoms with Crippen LogP contribution < -0.4 is 9.16 Å².